The molecule has 2 heteroatoms. The number of likely N-dealkylation sites (tertiary alicyclic amines) is 1. The standard InChI is InChI=1S/C9H18N2/c1-7-5-9-8(3-4-10-9)6-11(7)2/h7-10H,3-6H2,1-2H3. The minimum Gasteiger partial charge on any atom is -0.314 e. The Balaban J connectivity index is 2.00. The van der Waals surface area contributed by atoms with Crippen LogP contribution in [0.2, 0.25) is 0 Å². The SMILES string of the molecule is CC1CC2NCCC2CN1C. The molecule has 11 heavy (non-hydrogen) atoms. The molecule has 2 saturated heterocycles. The van der Waals surface area contributed by atoms with Crippen LogP contribution >= 0.6 is 0 Å². The van der Waals surface area contributed by atoms with Crippen molar-refractivity contribution in [1.82, 2.24) is 10.2 Å². The van der Waals surface area contributed by atoms with E-state index in [4.69, 9.17) is 0 Å². The second-order valence-electron chi connectivity index (χ2n) is 4.13. The molecular formula is C9H18N2. The van der Waals surface area contributed by atoms with Gasteiger partial charge in [0, 0.05) is 18.6 Å². The van der Waals surface area contributed by atoms with Crippen molar-refractivity contribution in [3.63, 3.8) is 0 Å². The molecular weight excluding hydrogens is 136 g/mol. The van der Waals surface area contributed by atoms with Crippen molar-refractivity contribution >= 4 is 0 Å². The van der Waals surface area contributed by atoms with Crippen LogP contribution in [-0.2, 0) is 0 Å². The molecule has 2 aliphatic rings. The van der Waals surface area contributed by atoms with Crippen LogP contribution in [0.1, 0.15) is 19.8 Å². The third-order valence-electron chi connectivity index (χ3n) is 3.36. The maximum absolute atomic E-state index is 3.58. The van der Waals surface area contributed by atoms with Gasteiger partial charge in [-0.05, 0) is 39.3 Å². The zero-order valence-corrected chi connectivity index (χ0v) is 7.51. The van der Waals surface area contributed by atoms with Crippen LogP contribution < -0.4 is 5.32 Å². The summed E-state index contributed by atoms with van der Waals surface area (Å²) in [6.45, 7) is 4.88. The Morgan fingerprint density at radius 3 is 3.09 bits per heavy atom. The minimum absolute atomic E-state index is 0.779. The fourth-order valence-electron chi connectivity index (χ4n) is 2.41. The van der Waals surface area contributed by atoms with Crippen molar-refractivity contribution in [1.29, 1.82) is 0 Å². The van der Waals surface area contributed by atoms with E-state index in [1.807, 2.05) is 0 Å². The number of piperidine rings is 1. The summed E-state index contributed by atoms with van der Waals surface area (Å²) in [6, 6.07) is 1.61. The molecule has 2 aliphatic heterocycles. The van der Waals surface area contributed by atoms with Gasteiger partial charge in [0.25, 0.3) is 0 Å². The summed E-state index contributed by atoms with van der Waals surface area (Å²) < 4.78 is 0. The van der Waals surface area contributed by atoms with E-state index < -0.39 is 0 Å². The highest BCUT2D eigenvalue weighted by atomic mass is 15.2. The highest BCUT2D eigenvalue weighted by Gasteiger charge is 2.34. The molecule has 0 amide bonds. The molecule has 0 radical (unpaired) electrons. The number of nitrogens with zero attached hydrogens (tertiary/aromatic N) is 1. The fourth-order valence-corrected chi connectivity index (χ4v) is 2.41. The summed E-state index contributed by atoms with van der Waals surface area (Å²) >= 11 is 0. The van der Waals surface area contributed by atoms with E-state index in [1.54, 1.807) is 0 Å². The normalized spacial score (nSPS) is 45.8. The van der Waals surface area contributed by atoms with E-state index >= 15 is 0 Å². The van der Waals surface area contributed by atoms with Gasteiger partial charge < -0.3 is 10.2 Å². The molecule has 0 aromatic heterocycles. The topological polar surface area (TPSA) is 15.3 Å². The van der Waals surface area contributed by atoms with Crippen LogP contribution in [0.15, 0.2) is 0 Å². The van der Waals surface area contributed by atoms with Crippen molar-refractivity contribution in [3.05, 3.63) is 0 Å². The molecule has 3 atom stereocenters. The van der Waals surface area contributed by atoms with Crippen molar-refractivity contribution < 1.29 is 0 Å². The largest absolute Gasteiger partial charge is 0.314 e. The summed E-state index contributed by atoms with van der Waals surface area (Å²) in [5.41, 5.74) is 0. The van der Waals surface area contributed by atoms with Crippen LogP contribution in [0.5, 0.6) is 0 Å². The maximum Gasteiger partial charge on any atom is 0.0123 e. The Bertz CT molecular complexity index is 130. The summed E-state index contributed by atoms with van der Waals surface area (Å²) in [5, 5.41) is 3.58. The number of hydrogen-bond donors (Lipinski definition) is 1. The Morgan fingerprint density at radius 1 is 1.45 bits per heavy atom. The van der Waals surface area contributed by atoms with E-state index in [9.17, 15) is 0 Å². The average Bonchev–Trinajstić information content (AvgIpc) is 2.36. The third-order valence-corrected chi connectivity index (χ3v) is 3.36. The van der Waals surface area contributed by atoms with E-state index in [0.29, 0.717) is 0 Å². The average molecular weight is 154 g/mol. The van der Waals surface area contributed by atoms with E-state index in [1.165, 1.54) is 25.9 Å². The highest BCUT2D eigenvalue weighted by molar-refractivity contribution is 4.92. The Hall–Kier alpha value is -0.0800. The predicted octanol–water partition coefficient (Wildman–Crippen LogP) is 0.689. The molecule has 0 aliphatic carbocycles. The molecule has 2 rings (SSSR count). The Kier molecular flexibility index (Phi) is 1.90. The van der Waals surface area contributed by atoms with Gasteiger partial charge in [-0.1, -0.05) is 0 Å². The van der Waals surface area contributed by atoms with Gasteiger partial charge in [0.1, 0.15) is 0 Å². The first kappa shape index (κ1) is 7.56. The van der Waals surface area contributed by atoms with Crippen molar-refractivity contribution in [2.75, 3.05) is 20.1 Å². The van der Waals surface area contributed by atoms with Crippen LogP contribution in [0.4, 0.5) is 0 Å². The van der Waals surface area contributed by atoms with Crippen molar-refractivity contribution in [2.24, 2.45) is 5.92 Å². The number of rotatable bonds is 0. The number of hydrogen-bond acceptors (Lipinski definition) is 2. The molecule has 0 aromatic rings. The van der Waals surface area contributed by atoms with Crippen LogP contribution in [-0.4, -0.2) is 37.1 Å². The summed E-state index contributed by atoms with van der Waals surface area (Å²) in [7, 11) is 2.25. The van der Waals surface area contributed by atoms with Gasteiger partial charge in [-0.2, -0.15) is 0 Å². The lowest BCUT2D eigenvalue weighted by molar-refractivity contribution is 0.136. The fraction of sp³-hybridized carbons (Fsp3) is 1.00. The minimum atomic E-state index is 0.779. The van der Waals surface area contributed by atoms with E-state index in [2.05, 4.69) is 24.2 Å². The predicted molar refractivity (Wildman–Crippen MR) is 46.6 cm³/mol. The second-order valence-corrected chi connectivity index (χ2v) is 4.13. The number of nitrogens with one attached hydrogen (secondary N) is 1. The Labute approximate surface area is 69.0 Å². The zero-order chi connectivity index (χ0) is 7.84. The first-order chi connectivity index (χ1) is 5.27. The van der Waals surface area contributed by atoms with E-state index in [0.717, 1.165) is 18.0 Å². The van der Waals surface area contributed by atoms with Crippen molar-refractivity contribution in [3.8, 4) is 0 Å². The lowest BCUT2D eigenvalue weighted by atomic mass is 9.90. The molecule has 2 nitrogen and oxygen atoms in total. The molecule has 0 spiro atoms. The Morgan fingerprint density at radius 2 is 2.27 bits per heavy atom. The lowest BCUT2D eigenvalue weighted by Crippen LogP contribution is -2.47. The van der Waals surface area contributed by atoms with Crippen LogP contribution in [0.3, 0.4) is 0 Å². The zero-order valence-electron chi connectivity index (χ0n) is 7.51. The van der Waals surface area contributed by atoms with Gasteiger partial charge in [0.2, 0.25) is 0 Å². The van der Waals surface area contributed by atoms with Gasteiger partial charge >= 0.3 is 0 Å². The van der Waals surface area contributed by atoms with E-state index in [-0.39, 0.29) is 0 Å². The first-order valence-electron chi connectivity index (χ1n) is 4.71. The smallest absolute Gasteiger partial charge is 0.0123 e. The summed E-state index contributed by atoms with van der Waals surface area (Å²) in [4.78, 5) is 2.49. The van der Waals surface area contributed by atoms with Gasteiger partial charge in [0.15, 0.2) is 0 Å². The summed E-state index contributed by atoms with van der Waals surface area (Å²) in [5.74, 6) is 0.941. The van der Waals surface area contributed by atoms with Gasteiger partial charge in [-0.15, -0.1) is 0 Å². The molecule has 2 fully saturated rings. The van der Waals surface area contributed by atoms with Crippen LogP contribution in [0, 0.1) is 5.92 Å². The van der Waals surface area contributed by atoms with Gasteiger partial charge in [-0.25, -0.2) is 0 Å². The molecule has 2 heterocycles. The number of fused-ring (bicyclic) bond motifs is 1. The molecule has 0 saturated carbocycles. The molecule has 0 aromatic carbocycles. The lowest BCUT2D eigenvalue weighted by Gasteiger charge is -2.37. The highest BCUT2D eigenvalue weighted by Crippen LogP contribution is 2.26. The van der Waals surface area contributed by atoms with Gasteiger partial charge in [0.05, 0.1) is 0 Å². The first-order valence-corrected chi connectivity index (χ1v) is 4.71. The summed E-state index contributed by atoms with van der Waals surface area (Å²) in [6.07, 6.45) is 2.74. The molecule has 64 valence electrons. The molecule has 0 bridgehead atoms. The maximum atomic E-state index is 3.58. The second kappa shape index (κ2) is 2.76. The van der Waals surface area contributed by atoms with Crippen molar-refractivity contribution in [2.45, 2.75) is 31.8 Å². The quantitative estimate of drug-likeness (QED) is 0.552. The molecule has 1 N–H and O–H groups in total. The van der Waals surface area contributed by atoms with Crippen LogP contribution in [0.25, 0.3) is 0 Å². The monoisotopic (exact) mass is 154 g/mol. The molecule has 3 unspecified atom stereocenters. The van der Waals surface area contributed by atoms with Gasteiger partial charge in [-0.3, -0.25) is 0 Å². The third kappa shape index (κ3) is 1.30.